The smallest absolute Gasteiger partial charge is 0.252 e. The van der Waals surface area contributed by atoms with Gasteiger partial charge in [0.15, 0.2) is 0 Å². The van der Waals surface area contributed by atoms with E-state index in [1.54, 1.807) is 29.8 Å². The summed E-state index contributed by atoms with van der Waals surface area (Å²) in [6.45, 7) is 7.54. The maximum atomic E-state index is 12.5. The number of nitriles is 1. The predicted octanol–water partition coefficient (Wildman–Crippen LogP) is 3.07. The van der Waals surface area contributed by atoms with Gasteiger partial charge in [-0.2, -0.15) is 10.2 Å². The topological polar surface area (TPSA) is 96.9 Å². The number of ether oxygens (including phenoxy) is 1. The van der Waals surface area contributed by atoms with E-state index in [0.717, 1.165) is 48.7 Å². The molecular formula is C23H26N6O2. The first kappa shape index (κ1) is 20.8. The van der Waals surface area contributed by atoms with E-state index in [2.05, 4.69) is 39.8 Å². The molecule has 1 aliphatic heterocycles. The van der Waals surface area contributed by atoms with Crippen molar-refractivity contribution in [3.8, 4) is 11.9 Å². The lowest BCUT2D eigenvalue weighted by Crippen LogP contribution is -2.39. The van der Waals surface area contributed by atoms with E-state index in [4.69, 9.17) is 4.74 Å². The van der Waals surface area contributed by atoms with Gasteiger partial charge in [0.05, 0.1) is 11.2 Å². The molecule has 4 heterocycles. The molecule has 0 saturated carbocycles. The third-order valence-corrected chi connectivity index (χ3v) is 5.62. The van der Waals surface area contributed by atoms with Gasteiger partial charge in [0, 0.05) is 56.7 Å². The fourth-order valence-corrected chi connectivity index (χ4v) is 3.88. The van der Waals surface area contributed by atoms with Crippen LogP contribution in [0.3, 0.4) is 0 Å². The number of anilines is 1. The highest BCUT2D eigenvalue weighted by Crippen LogP contribution is 2.28. The zero-order valence-corrected chi connectivity index (χ0v) is 18.3. The van der Waals surface area contributed by atoms with Crippen molar-refractivity contribution >= 4 is 16.7 Å². The third-order valence-electron chi connectivity index (χ3n) is 5.62. The van der Waals surface area contributed by atoms with Gasteiger partial charge in [-0.15, -0.1) is 0 Å². The number of aryl methyl sites for hydroxylation is 2. The number of aromatic nitrogens is 4. The highest BCUT2D eigenvalue weighted by Gasteiger charge is 2.24. The van der Waals surface area contributed by atoms with E-state index in [0.29, 0.717) is 17.1 Å². The van der Waals surface area contributed by atoms with Crippen molar-refractivity contribution in [2.75, 3.05) is 18.0 Å². The summed E-state index contributed by atoms with van der Waals surface area (Å²) in [6, 6.07) is 8.99. The molecule has 0 radical (unpaired) electrons. The molecule has 0 unspecified atom stereocenters. The van der Waals surface area contributed by atoms with Crippen LogP contribution < -0.4 is 15.2 Å². The van der Waals surface area contributed by atoms with Crippen molar-refractivity contribution in [3.05, 3.63) is 51.8 Å². The van der Waals surface area contributed by atoms with Gasteiger partial charge in [0.25, 0.3) is 5.56 Å². The first-order valence-electron chi connectivity index (χ1n) is 10.5. The molecule has 1 aliphatic rings. The maximum absolute atomic E-state index is 12.5. The van der Waals surface area contributed by atoms with Crippen LogP contribution in [0, 0.1) is 18.3 Å². The normalized spacial score (nSPS) is 14.8. The zero-order chi connectivity index (χ0) is 22.1. The Morgan fingerprint density at radius 2 is 1.90 bits per heavy atom. The number of hydrogen-bond donors (Lipinski definition) is 0. The van der Waals surface area contributed by atoms with Gasteiger partial charge in [0.1, 0.15) is 29.2 Å². The summed E-state index contributed by atoms with van der Waals surface area (Å²) in [5.74, 6) is 1.65. The van der Waals surface area contributed by atoms with Crippen LogP contribution in [0.2, 0.25) is 0 Å². The molecular weight excluding hydrogens is 392 g/mol. The van der Waals surface area contributed by atoms with E-state index >= 15 is 0 Å². The molecule has 1 fully saturated rings. The van der Waals surface area contributed by atoms with Crippen molar-refractivity contribution < 1.29 is 4.74 Å². The summed E-state index contributed by atoms with van der Waals surface area (Å²) in [5, 5.41) is 9.25. The molecule has 0 amide bonds. The molecule has 3 aromatic rings. The Labute approximate surface area is 181 Å². The highest BCUT2D eigenvalue weighted by atomic mass is 16.5. The second-order valence-electron chi connectivity index (χ2n) is 8.27. The molecule has 160 valence electrons. The monoisotopic (exact) mass is 418 g/mol. The van der Waals surface area contributed by atoms with Crippen LogP contribution in [-0.2, 0) is 7.05 Å². The van der Waals surface area contributed by atoms with Crippen LogP contribution in [-0.4, -0.2) is 38.7 Å². The van der Waals surface area contributed by atoms with Crippen molar-refractivity contribution in [1.82, 2.24) is 19.5 Å². The Balaban J connectivity index is 1.54. The quantitative estimate of drug-likeness (QED) is 0.642. The molecule has 1 saturated heterocycles. The summed E-state index contributed by atoms with van der Waals surface area (Å²) < 4.78 is 7.74. The fraction of sp³-hybridized carbons (Fsp3) is 0.435. The lowest BCUT2D eigenvalue weighted by molar-refractivity contribution is 0.163. The number of rotatable bonds is 4. The third kappa shape index (κ3) is 4.22. The lowest BCUT2D eigenvalue weighted by atomic mass is 10.1. The van der Waals surface area contributed by atoms with Crippen molar-refractivity contribution in [2.24, 2.45) is 7.05 Å². The van der Waals surface area contributed by atoms with E-state index < -0.39 is 0 Å². The summed E-state index contributed by atoms with van der Waals surface area (Å²) in [5.41, 5.74) is 3.31. The largest absolute Gasteiger partial charge is 0.474 e. The van der Waals surface area contributed by atoms with Crippen LogP contribution in [0.15, 0.2) is 29.1 Å². The van der Waals surface area contributed by atoms with Gasteiger partial charge in [-0.3, -0.25) is 4.79 Å². The molecule has 0 aromatic carbocycles. The molecule has 8 nitrogen and oxygen atoms in total. The number of piperidine rings is 1. The molecule has 31 heavy (non-hydrogen) atoms. The summed E-state index contributed by atoms with van der Waals surface area (Å²) in [6.07, 6.45) is 1.65. The van der Waals surface area contributed by atoms with E-state index in [-0.39, 0.29) is 17.6 Å². The van der Waals surface area contributed by atoms with E-state index in [1.807, 2.05) is 13.0 Å². The van der Waals surface area contributed by atoms with Crippen molar-refractivity contribution in [2.45, 2.75) is 45.6 Å². The number of nitrogens with zero attached hydrogens (tertiary/aromatic N) is 6. The number of pyridine rings is 2. The fourth-order valence-electron chi connectivity index (χ4n) is 3.88. The Morgan fingerprint density at radius 3 is 2.58 bits per heavy atom. The van der Waals surface area contributed by atoms with Gasteiger partial charge in [-0.05, 0) is 19.1 Å². The predicted molar refractivity (Wildman–Crippen MR) is 118 cm³/mol. The van der Waals surface area contributed by atoms with Gasteiger partial charge in [0.2, 0.25) is 5.88 Å². The van der Waals surface area contributed by atoms with Crippen LogP contribution >= 0.6 is 0 Å². The molecule has 0 spiro atoms. The van der Waals surface area contributed by atoms with Crippen molar-refractivity contribution in [1.29, 1.82) is 5.26 Å². The minimum atomic E-state index is -0.0925. The number of hydrogen-bond acceptors (Lipinski definition) is 7. The van der Waals surface area contributed by atoms with E-state index in [1.165, 1.54) is 0 Å². The lowest BCUT2D eigenvalue weighted by Gasteiger charge is -2.34. The Kier molecular flexibility index (Phi) is 5.59. The Hall–Kier alpha value is -3.47. The molecule has 0 atom stereocenters. The first-order chi connectivity index (χ1) is 14.9. The molecule has 0 bridgehead atoms. The minimum Gasteiger partial charge on any atom is -0.474 e. The molecule has 3 aromatic heterocycles. The summed E-state index contributed by atoms with van der Waals surface area (Å²) in [4.78, 5) is 28.1. The van der Waals surface area contributed by atoms with Crippen LogP contribution in [0.5, 0.6) is 5.88 Å². The molecule has 0 aliphatic carbocycles. The van der Waals surface area contributed by atoms with Gasteiger partial charge >= 0.3 is 0 Å². The van der Waals surface area contributed by atoms with Crippen LogP contribution in [0.4, 0.5) is 5.69 Å². The minimum absolute atomic E-state index is 0.0472. The SMILES string of the molecule is Cc1cc(OC2CCN(c3cc(=O)n(C)c4ccc(C#N)nc34)CC2)nc(C(C)C)n1. The van der Waals surface area contributed by atoms with Gasteiger partial charge in [-0.25, -0.2) is 9.97 Å². The van der Waals surface area contributed by atoms with E-state index in [9.17, 15) is 10.1 Å². The highest BCUT2D eigenvalue weighted by molar-refractivity contribution is 5.88. The average Bonchev–Trinajstić information content (AvgIpc) is 2.76. The summed E-state index contributed by atoms with van der Waals surface area (Å²) in [7, 11) is 1.72. The zero-order valence-electron chi connectivity index (χ0n) is 18.3. The average molecular weight is 419 g/mol. The Bertz CT molecular complexity index is 1220. The summed E-state index contributed by atoms with van der Waals surface area (Å²) >= 11 is 0. The second-order valence-corrected chi connectivity index (χ2v) is 8.27. The van der Waals surface area contributed by atoms with Crippen LogP contribution in [0.25, 0.3) is 11.0 Å². The Morgan fingerprint density at radius 1 is 1.16 bits per heavy atom. The van der Waals surface area contributed by atoms with Gasteiger partial charge in [-0.1, -0.05) is 13.8 Å². The van der Waals surface area contributed by atoms with Gasteiger partial charge < -0.3 is 14.2 Å². The second kappa shape index (κ2) is 8.34. The molecule has 4 rings (SSSR count). The maximum Gasteiger partial charge on any atom is 0.252 e. The standard InChI is InChI=1S/C23H26N6O2/c1-14(2)23-25-15(3)11-20(27-23)31-17-7-9-29(10-8-17)19-12-21(30)28(4)18-6-5-16(13-24)26-22(18)19/h5-6,11-12,14,17H,7-10H2,1-4H3. The molecule has 8 heteroatoms. The molecule has 0 N–H and O–H groups in total. The first-order valence-corrected chi connectivity index (χ1v) is 10.5. The van der Waals surface area contributed by atoms with Crippen LogP contribution in [0.1, 0.15) is 49.8 Å². The number of fused-ring (bicyclic) bond motifs is 1. The van der Waals surface area contributed by atoms with Crippen molar-refractivity contribution in [3.63, 3.8) is 0 Å².